The Balaban J connectivity index is 1.99. The monoisotopic (exact) mass is 456 g/mol. The van der Waals surface area contributed by atoms with Gasteiger partial charge in [-0.15, -0.1) is 0 Å². The van der Waals surface area contributed by atoms with Crippen molar-refractivity contribution in [3.63, 3.8) is 0 Å². The predicted molar refractivity (Wildman–Crippen MR) is 127 cm³/mol. The maximum atomic E-state index is 13.8. The van der Waals surface area contributed by atoms with Crippen LogP contribution in [0.1, 0.15) is 24.3 Å². The van der Waals surface area contributed by atoms with Gasteiger partial charge in [0.05, 0.1) is 17.5 Å². The van der Waals surface area contributed by atoms with E-state index in [4.69, 9.17) is 0 Å². The first-order valence-electron chi connectivity index (χ1n) is 10.6. The molecule has 1 aliphatic heterocycles. The highest BCUT2D eigenvalue weighted by molar-refractivity contribution is 7.92. The maximum absolute atomic E-state index is 13.8. The molecule has 170 valence electrons. The number of anilines is 2. The Morgan fingerprint density at radius 3 is 2.53 bits per heavy atom. The lowest BCUT2D eigenvalue weighted by molar-refractivity contribution is 0.0729. The van der Waals surface area contributed by atoms with Crippen LogP contribution < -0.4 is 15.4 Å². The molecule has 1 saturated heterocycles. The Morgan fingerprint density at radius 2 is 1.91 bits per heavy atom. The minimum Gasteiger partial charge on any atom is -0.380 e. The summed E-state index contributed by atoms with van der Waals surface area (Å²) in [7, 11) is -3.44. The van der Waals surface area contributed by atoms with Crippen LogP contribution in [-0.2, 0) is 10.0 Å². The van der Waals surface area contributed by atoms with E-state index in [1.54, 1.807) is 18.3 Å². The molecule has 0 unspecified atom stereocenters. The number of nitrogens with zero attached hydrogens (tertiary/aromatic N) is 3. The van der Waals surface area contributed by atoms with E-state index < -0.39 is 10.0 Å². The zero-order valence-corrected chi connectivity index (χ0v) is 19.2. The Kier molecular flexibility index (Phi) is 6.07. The molecular formula is C22H28N6O3S. The first kappa shape index (κ1) is 22.1. The van der Waals surface area contributed by atoms with Crippen LogP contribution in [0.25, 0.3) is 16.7 Å². The molecule has 3 N–H and O–H groups in total. The Bertz CT molecular complexity index is 1230. The van der Waals surface area contributed by atoms with Crippen LogP contribution >= 0.6 is 0 Å². The molecule has 0 spiro atoms. The molecule has 3 aromatic rings. The van der Waals surface area contributed by atoms with Gasteiger partial charge < -0.3 is 15.5 Å². The van der Waals surface area contributed by atoms with E-state index in [-0.39, 0.29) is 11.9 Å². The molecule has 9 nitrogen and oxygen atoms in total. The first-order chi connectivity index (χ1) is 15.2. The number of carbonyl (C=O) groups is 1. The smallest absolute Gasteiger partial charge is 0.273 e. The second kappa shape index (κ2) is 8.79. The molecule has 1 amide bonds. The van der Waals surface area contributed by atoms with Gasteiger partial charge in [0.2, 0.25) is 10.0 Å². The molecule has 4 rings (SSSR count). The average Bonchev–Trinajstić information content (AvgIpc) is 3.06. The van der Waals surface area contributed by atoms with E-state index in [1.165, 1.54) is 0 Å². The number of piperazine rings is 1. The molecule has 1 aliphatic rings. The lowest BCUT2D eigenvalue weighted by Gasteiger charge is -2.28. The standard InChI is InChI=1S/C22H28N6O3S/c1-15(2)25-20-17-14-16(26-32(3,30)31)7-8-18(17)28(19-6-4-5-9-24-19)21(20)22(29)27-12-10-23-11-13-27/h4-9,14-15,23,25-26H,10-13H2,1-3H3. The van der Waals surface area contributed by atoms with E-state index in [0.29, 0.717) is 36.0 Å². The van der Waals surface area contributed by atoms with Crippen LogP contribution in [0.15, 0.2) is 42.6 Å². The highest BCUT2D eigenvalue weighted by atomic mass is 32.2. The van der Waals surface area contributed by atoms with E-state index in [0.717, 1.165) is 30.2 Å². The summed E-state index contributed by atoms with van der Waals surface area (Å²) >= 11 is 0. The number of carbonyl (C=O) groups excluding carboxylic acids is 1. The van der Waals surface area contributed by atoms with E-state index in [9.17, 15) is 13.2 Å². The number of aromatic nitrogens is 2. The number of sulfonamides is 1. The fourth-order valence-electron chi connectivity index (χ4n) is 3.95. The molecule has 0 saturated carbocycles. The SMILES string of the molecule is CC(C)Nc1c(C(=O)N2CCNCC2)n(-c2ccccn2)c2ccc(NS(C)(=O)=O)cc12. The van der Waals surface area contributed by atoms with Crippen molar-refractivity contribution in [1.29, 1.82) is 0 Å². The van der Waals surface area contributed by atoms with Crippen molar-refractivity contribution in [3.8, 4) is 5.82 Å². The zero-order chi connectivity index (χ0) is 22.9. The number of rotatable bonds is 6. The quantitative estimate of drug-likeness (QED) is 0.525. The molecule has 32 heavy (non-hydrogen) atoms. The molecule has 10 heteroatoms. The van der Waals surface area contributed by atoms with Gasteiger partial charge in [-0.05, 0) is 44.2 Å². The van der Waals surface area contributed by atoms with Gasteiger partial charge in [0, 0.05) is 49.5 Å². The summed E-state index contributed by atoms with van der Waals surface area (Å²) in [6.45, 7) is 6.72. The van der Waals surface area contributed by atoms with Crippen LogP contribution in [-0.4, -0.2) is 67.3 Å². The van der Waals surface area contributed by atoms with Gasteiger partial charge in [0.25, 0.3) is 5.91 Å². The van der Waals surface area contributed by atoms with E-state index >= 15 is 0 Å². The minimum absolute atomic E-state index is 0.0545. The number of nitrogens with one attached hydrogen (secondary N) is 3. The van der Waals surface area contributed by atoms with Gasteiger partial charge in [-0.3, -0.25) is 14.1 Å². The van der Waals surface area contributed by atoms with Crippen molar-refractivity contribution in [2.24, 2.45) is 0 Å². The van der Waals surface area contributed by atoms with Gasteiger partial charge in [-0.25, -0.2) is 13.4 Å². The van der Waals surface area contributed by atoms with Crippen LogP contribution in [0.2, 0.25) is 0 Å². The second-order valence-electron chi connectivity index (χ2n) is 8.19. The number of benzene rings is 1. The van der Waals surface area contributed by atoms with Crippen molar-refractivity contribution in [2.75, 3.05) is 42.5 Å². The van der Waals surface area contributed by atoms with Crippen molar-refractivity contribution >= 4 is 38.2 Å². The molecule has 3 heterocycles. The van der Waals surface area contributed by atoms with Crippen molar-refractivity contribution < 1.29 is 13.2 Å². The molecule has 1 aromatic carbocycles. The lowest BCUT2D eigenvalue weighted by Crippen LogP contribution is -2.47. The second-order valence-corrected chi connectivity index (χ2v) is 9.94. The third-order valence-corrected chi connectivity index (χ3v) is 5.80. The zero-order valence-electron chi connectivity index (χ0n) is 18.4. The number of amides is 1. The van der Waals surface area contributed by atoms with Gasteiger partial charge >= 0.3 is 0 Å². The fraction of sp³-hybridized carbons (Fsp3) is 0.364. The van der Waals surface area contributed by atoms with Gasteiger partial charge in [-0.2, -0.15) is 0 Å². The van der Waals surface area contributed by atoms with Gasteiger partial charge in [0.1, 0.15) is 11.5 Å². The highest BCUT2D eigenvalue weighted by Gasteiger charge is 2.29. The molecule has 0 aliphatic carbocycles. The summed E-state index contributed by atoms with van der Waals surface area (Å²) in [4.78, 5) is 20.1. The first-order valence-corrected chi connectivity index (χ1v) is 12.5. The molecular weight excluding hydrogens is 428 g/mol. The van der Waals surface area contributed by atoms with Gasteiger partial charge in [0.15, 0.2) is 0 Å². The molecule has 2 aromatic heterocycles. The predicted octanol–water partition coefficient (Wildman–Crippen LogP) is 2.26. The Morgan fingerprint density at radius 1 is 1.16 bits per heavy atom. The molecule has 0 atom stereocenters. The third-order valence-electron chi connectivity index (χ3n) is 5.19. The topological polar surface area (TPSA) is 108 Å². The lowest BCUT2D eigenvalue weighted by atomic mass is 10.1. The highest BCUT2D eigenvalue weighted by Crippen LogP contribution is 2.36. The Hall–Kier alpha value is -3.11. The third kappa shape index (κ3) is 4.56. The average molecular weight is 457 g/mol. The van der Waals surface area contributed by atoms with Crippen molar-refractivity contribution in [2.45, 2.75) is 19.9 Å². The van der Waals surface area contributed by atoms with Crippen molar-refractivity contribution in [1.82, 2.24) is 19.8 Å². The van der Waals surface area contributed by atoms with Gasteiger partial charge in [-0.1, -0.05) is 6.07 Å². The van der Waals surface area contributed by atoms with Crippen LogP contribution in [0.3, 0.4) is 0 Å². The summed E-state index contributed by atoms with van der Waals surface area (Å²) in [6, 6.07) is 10.9. The summed E-state index contributed by atoms with van der Waals surface area (Å²) in [5, 5.41) is 7.45. The van der Waals surface area contributed by atoms with E-state index in [1.807, 2.05) is 47.6 Å². The largest absolute Gasteiger partial charge is 0.380 e. The van der Waals surface area contributed by atoms with Crippen LogP contribution in [0.5, 0.6) is 0 Å². The summed E-state index contributed by atoms with van der Waals surface area (Å²) in [5.41, 5.74) is 2.36. The fourth-order valence-corrected chi connectivity index (χ4v) is 4.50. The van der Waals surface area contributed by atoms with Crippen LogP contribution in [0.4, 0.5) is 11.4 Å². The number of hydrogen-bond acceptors (Lipinski definition) is 6. The summed E-state index contributed by atoms with van der Waals surface area (Å²) in [5.74, 6) is 0.533. The maximum Gasteiger partial charge on any atom is 0.273 e. The Labute approximate surface area is 187 Å². The van der Waals surface area contributed by atoms with Crippen LogP contribution in [0, 0.1) is 0 Å². The minimum atomic E-state index is -3.44. The van der Waals surface area contributed by atoms with E-state index in [2.05, 4.69) is 20.3 Å². The molecule has 1 fully saturated rings. The molecule has 0 radical (unpaired) electrons. The number of pyridine rings is 1. The summed E-state index contributed by atoms with van der Waals surface area (Å²) < 4.78 is 28.0. The number of fused-ring (bicyclic) bond motifs is 1. The number of hydrogen-bond donors (Lipinski definition) is 3. The van der Waals surface area contributed by atoms with Crippen molar-refractivity contribution in [3.05, 3.63) is 48.3 Å². The summed E-state index contributed by atoms with van der Waals surface area (Å²) in [6.07, 6.45) is 2.80. The molecule has 0 bridgehead atoms. The normalized spacial score (nSPS) is 14.7.